The summed E-state index contributed by atoms with van der Waals surface area (Å²) in [7, 11) is 0. The zero-order chi connectivity index (χ0) is 25.2. The number of nitrogens with zero attached hydrogens (tertiary/aromatic N) is 1. The van der Waals surface area contributed by atoms with Crippen LogP contribution in [0.1, 0.15) is 42.4 Å². The fraction of sp³-hybridized carbons (Fsp3) is 0.360. The molecule has 0 bridgehead atoms. The van der Waals surface area contributed by atoms with Gasteiger partial charge in [-0.2, -0.15) is 27.2 Å². The zero-order valence-corrected chi connectivity index (χ0v) is 18.4. The van der Waals surface area contributed by atoms with E-state index in [1.54, 1.807) is 18.2 Å². The van der Waals surface area contributed by atoms with Crippen molar-refractivity contribution in [1.82, 2.24) is 5.32 Å². The second kappa shape index (κ2) is 9.56. The minimum atomic E-state index is -4.23. The molecule has 0 fully saturated rings. The molecule has 35 heavy (non-hydrogen) atoms. The minimum absolute atomic E-state index is 0.0354. The van der Waals surface area contributed by atoms with E-state index in [1.165, 1.54) is 24.3 Å². The monoisotopic (exact) mass is 492 g/mol. The normalized spacial score (nSPS) is 19.5. The SMILES string of the molecule is N#CC1=C(c2ccc(OC(F)F)cc2)C[C@]2(CCc3cc(OCCCC(F)(F)F)ccc32)NC1=O. The van der Waals surface area contributed by atoms with Crippen LogP contribution < -0.4 is 14.8 Å². The maximum atomic E-state index is 12.9. The summed E-state index contributed by atoms with van der Waals surface area (Å²) in [5.74, 6) is -0.109. The van der Waals surface area contributed by atoms with Gasteiger partial charge < -0.3 is 14.8 Å². The number of carbonyl (C=O) groups is 1. The van der Waals surface area contributed by atoms with Gasteiger partial charge in [0.15, 0.2) is 0 Å². The predicted molar refractivity (Wildman–Crippen MR) is 116 cm³/mol. The van der Waals surface area contributed by atoms with Gasteiger partial charge in [-0.3, -0.25) is 4.79 Å². The quantitative estimate of drug-likeness (QED) is 0.401. The number of nitriles is 1. The molecule has 184 valence electrons. The number of halogens is 5. The van der Waals surface area contributed by atoms with Gasteiger partial charge in [0.1, 0.15) is 23.1 Å². The first-order chi connectivity index (χ1) is 16.6. The summed E-state index contributed by atoms with van der Waals surface area (Å²) in [4.78, 5) is 12.9. The van der Waals surface area contributed by atoms with Crippen molar-refractivity contribution < 1.29 is 36.2 Å². The number of aryl methyl sites for hydroxylation is 1. The Balaban J connectivity index is 1.56. The van der Waals surface area contributed by atoms with Crippen LogP contribution in [0.4, 0.5) is 22.0 Å². The second-order valence-electron chi connectivity index (χ2n) is 8.47. The fourth-order valence-electron chi connectivity index (χ4n) is 4.65. The van der Waals surface area contributed by atoms with Crippen molar-refractivity contribution in [3.63, 3.8) is 0 Å². The van der Waals surface area contributed by atoms with Crippen LogP contribution in [0.2, 0.25) is 0 Å². The van der Waals surface area contributed by atoms with E-state index in [-0.39, 0.29) is 24.4 Å². The third-order valence-electron chi connectivity index (χ3n) is 6.19. The Hall–Kier alpha value is -3.61. The summed E-state index contributed by atoms with van der Waals surface area (Å²) in [6, 6.07) is 12.9. The van der Waals surface area contributed by atoms with Crippen molar-refractivity contribution in [2.75, 3.05) is 6.61 Å². The molecular formula is C25H21F5N2O3. The molecule has 0 aromatic heterocycles. The highest BCUT2D eigenvalue weighted by Gasteiger charge is 2.45. The third-order valence-corrected chi connectivity index (χ3v) is 6.19. The Bertz CT molecular complexity index is 1190. The molecule has 0 radical (unpaired) electrons. The molecule has 5 nitrogen and oxygen atoms in total. The van der Waals surface area contributed by atoms with E-state index in [1.807, 2.05) is 6.07 Å². The van der Waals surface area contributed by atoms with Gasteiger partial charge in [0.2, 0.25) is 0 Å². The number of ether oxygens (including phenoxy) is 2. The molecular weight excluding hydrogens is 471 g/mol. The highest BCUT2D eigenvalue weighted by molar-refractivity contribution is 6.07. The van der Waals surface area contributed by atoms with E-state index in [0.29, 0.717) is 36.1 Å². The van der Waals surface area contributed by atoms with Crippen LogP contribution >= 0.6 is 0 Å². The van der Waals surface area contributed by atoms with Crippen LogP contribution in [0.25, 0.3) is 5.57 Å². The van der Waals surface area contributed by atoms with E-state index in [9.17, 15) is 32.0 Å². The lowest BCUT2D eigenvalue weighted by molar-refractivity contribution is -0.136. The van der Waals surface area contributed by atoms with Gasteiger partial charge in [-0.05, 0) is 65.8 Å². The molecule has 4 rings (SSSR count). The number of rotatable bonds is 7. The van der Waals surface area contributed by atoms with Crippen molar-refractivity contribution in [2.24, 2.45) is 0 Å². The van der Waals surface area contributed by atoms with Gasteiger partial charge >= 0.3 is 12.8 Å². The fourth-order valence-corrected chi connectivity index (χ4v) is 4.65. The largest absolute Gasteiger partial charge is 0.494 e. The molecule has 1 aliphatic carbocycles. The molecule has 0 saturated carbocycles. The number of hydrogen-bond donors (Lipinski definition) is 1. The summed E-state index contributed by atoms with van der Waals surface area (Å²) in [6.07, 6.45) is -3.82. The van der Waals surface area contributed by atoms with Crippen LogP contribution in [-0.2, 0) is 16.8 Å². The first-order valence-corrected chi connectivity index (χ1v) is 10.9. The van der Waals surface area contributed by atoms with Gasteiger partial charge in [0, 0.05) is 12.8 Å². The molecule has 1 atom stereocenters. The highest BCUT2D eigenvalue weighted by Crippen LogP contribution is 2.47. The van der Waals surface area contributed by atoms with Crippen LogP contribution in [0.3, 0.4) is 0 Å². The second-order valence-corrected chi connectivity index (χ2v) is 8.47. The van der Waals surface area contributed by atoms with Gasteiger partial charge in [0.05, 0.1) is 12.1 Å². The van der Waals surface area contributed by atoms with Crippen LogP contribution in [0, 0.1) is 11.3 Å². The van der Waals surface area contributed by atoms with E-state index < -0.39 is 30.7 Å². The van der Waals surface area contributed by atoms with E-state index >= 15 is 0 Å². The maximum Gasteiger partial charge on any atom is 0.389 e. The number of alkyl halides is 5. The average Bonchev–Trinajstić information content (AvgIpc) is 3.13. The molecule has 0 unspecified atom stereocenters. The molecule has 1 N–H and O–H groups in total. The zero-order valence-electron chi connectivity index (χ0n) is 18.4. The Morgan fingerprint density at radius 2 is 1.83 bits per heavy atom. The van der Waals surface area contributed by atoms with E-state index in [0.717, 1.165) is 11.1 Å². The summed E-state index contributed by atoms with van der Waals surface area (Å²) < 4.78 is 71.8. The summed E-state index contributed by atoms with van der Waals surface area (Å²) in [6.45, 7) is -3.03. The number of amides is 1. The Morgan fingerprint density at radius 3 is 2.49 bits per heavy atom. The predicted octanol–water partition coefficient (Wildman–Crippen LogP) is 5.65. The van der Waals surface area contributed by atoms with Crippen molar-refractivity contribution in [3.8, 4) is 17.6 Å². The van der Waals surface area contributed by atoms with Gasteiger partial charge in [-0.1, -0.05) is 18.2 Å². The Morgan fingerprint density at radius 1 is 1.11 bits per heavy atom. The summed E-state index contributed by atoms with van der Waals surface area (Å²) >= 11 is 0. The smallest absolute Gasteiger partial charge is 0.389 e. The molecule has 2 aliphatic rings. The van der Waals surface area contributed by atoms with Crippen molar-refractivity contribution in [2.45, 2.75) is 50.4 Å². The Labute approximate surface area is 198 Å². The minimum Gasteiger partial charge on any atom is -0.494 e. The molecule has 1 heterocycles. The van der Waals surface area contributed by atoms with Crippen molar-refractivity contribution >= 4 is 11.5 Å². The standard InChI is InChI=1S/C25H21F5N2O3/c26-23(27)35-17-4-2-15(3-5-17)19-13-24(32-22(33)20(19)14-31)10-8-16-12-18(6-7-21(16)24)34-11-1-9-25(28,29)30/h2-7,12,23H,1,8-11,13H2,(H,32,33)/t24-/m0/s1. The lowest BCUT2D eigenvalue weighted by Crippen LogP contribution is -2.48. The number of nitrogens with one attached hydrogen (secondary N) is 1. The summed E-state index contributed by atoms with van der Waals surface area (Å²) in [5.41, 5.74) is 1.99. The molecule has 1 spiro atoms. The first kappa shape index (κ1) is 24.5. The lowest BCUT2D eigenvalue weighted by atomic mass is 9.78. The first-order valence-electron chi connectivity index (χ1n) is 10.9. The number of benzene rings is 2. The maximum absolute atomic E-state index is 12.9. The molecule has 2 aromatic rings. The van der Waals surface area contributed by atoms with Crippen LogP contribution in [0.15, 0.2) is 48.0 Å². The van der Waals surface area contributed by atoms with E-state index in [2.05, 4.69) is 10.1 Å². The number of hydrogen-bond acceptors (Lipinski definition) is 4. The molecule has 0 saturated heterocycles. The topological polar surface area (TPSA) is 71.3 Å². The van der Waals surface area contributed by atoms with Crippen molar-refractivity contribution in [1.29, 1.82) is 5.26 Å². The van der Waals surface area contributed by atoms with Crippen LogP contribution in [0.5, 0.6) is 11.5 Å². The van der Waals surface area contributed by atoms with Gasteiger partial charge in [0.25, 0.3) is 5.91 Å². The molecule has 2 aromatic carbocycles. The Kier molecular flexibility index (Phi) is 6.70. The third kappa shape index (κ3) is 5.39. The average molecular weight is 492 g/mol. The van der Waals surface area contributed by atoms with E-state index in [4.69, 9.17) is 4.74 Å². The molecule has 10 heteroatoms. The van der Waals surface area contributed by atoms with Gasteiger partial charge in [-0.15, -0.1) is 0 Å². The van der Waals surface area contributed by atoms with Gasteiger partial charge in [-0.25, -0.2) is 0 Å². The van der Waals surface area contributed by atoms with Crippen LogP contribution in [-0.4, -0.2) is 25.3 Å². The number of carbonyl (C=O) groups excluding carboxylic acids is 1. The van der Waals surface area contributed by atoms with Crippen molar-refractivity contribution in [3.05, 3.63) is 64.7 Å². The lowest BCUT2D eigenvalue weighted by Gasteiger charge is -2.37. The summed E-state index contributed by atoms with van der Waals surface area (Å²) in [5, 5.41) is 12.6. The highest BCUT2D eigenvalue weighted by atomic mass is 19.4. The molecule has 1 aliphatic heterocycles. The number of fused-ring (bicyclic) bond motifs is 2. The molecule has 1 amide bonds.